The van der Waals surface area contributed by atoms with Crippen molar-refractivity contribution in [2.75, 3.05) is 13.2 Å². The summed E-state index contributed by atoms with van der Waals surface area (Å²) in [5.74, 6) is -1.40. The molecule has 0 saturated heterocycles. The van der Waals surface area contributed by atoms with E-state index in [-0.39, 0.29) is 12.8 Å². The van der Waals surface area contributed by atoms with Crippen molar-refractivity contribution >= 4 is 43.2 Å². The quantitative estimate of drug-likeness (QED) is 0.0119. The Balaban J connectivity index is 2.86. The van der Waals surface area contributed by atoms with Gasteiger partial charge in [0.2, 0.25) is 0 Å². The van der Waals surface area contributed by atoms with E-state index in [9.17, 15) is 72.3 Å². The summed E-state index contributed by atoms with van der Waals surface area (Å²) in [5.41, 5.74) is 0. The zero-order valence-corrected chi connectivity index (χ0v) is 45.5. The molecule has 0 amide bonds. The number of carbonyl (C=O) groups excluding carboxylic acids is 2. The van der Waals surface area contributed by atoms with Crippen LogP contribution in [0.2, 0.25) is 0 Å². The number of unbranched alkanes of at least 4 members (excludes halogenated alkanes) is 25. The molecule has 0 bridgehead atoms. The molecule has 0 aromatic carbocycles. The molecule has 6 unspecified atom stereocenters. The zero-order valence-electron chi connectivity index (χ0n) is 41.9. The smallest absolute Gasteiger partial charge is 0.462 e. The first-order valence-corrected chi connectivity index (χ1v) is 31.8. The van der Waals surface area contributed by atoms with E-state index in [1.807, 2.05) is 0 Å². The molecule has 6 atom stereocenters. The largest absolute Gasteiger partial charge is 0.472 e. The Labute approximate surface area is 421 Å². The number of esters is 2. The lowest BCUT2D eigenvalue weighted by molar-refractivity contribution is -0.209. The molecule has 420 valence electrons. The van der Waals surface area contributed by atoms with Gasteiger partial charge in [0, 0.05) is 12.8 Å². The summed E-state index contributed by atoms with van der Waals surface area (Å²) < 4.78 is 82.3. The van der Waals surface area contributed by atoms with Gasteiger partial charge >= 0.3 is 43.2 Å². The van der Waals surface area contributed by atoms with Crippen LogP contribution in [-0.4, -0.2) is 112 Å². The van der Waals surface area contributed by atoms with Crippen molar-refractivity contribution in [3.8, 4) is 0 Å². The minimum absolute atomic E-state index is 0.0388. The van der Waals surface area contributed by atoms with E-state index in [1.54, 1.807) is 0 Å². The van der Waals surface area contributed by atoms with E-state index >= 15 is 0 Å². The average Bonchev–Trinajstić information content (AvgIpc) is 3.27. The summed E-state index contributed by atoms with van der Waals surface area (Å²) in [7, 11) is -23.0. The maximum Gasteiger partial charge on any atom is 0.472 e. The van der Waals surface area contributed by atoms with Crippen LogP contribution in [0.15, 0.2) is 12.2 Å². The molecule has 1 saturated carbocycles. The third-order valence-electron chi connectivity index (χ3n) is 11.8. The van der Waals surface area contributed by atoms with Gasteiger partial charge in [-0.1, -0.05) is 167 Å². The van der Waals surface area contributed by atoms with Crippen LogP contribution >= 0.6 is 31.3 Å². The summed E-state index contributed by atoms with van der Waals surface area (Å²) >= 11 is 0. The Morgan fingerprint density at radius 1 is 0.437 bits per heavy atom. The highest BCUT2D eigenvalue weighted by atomic mass is 31.2. The van der Waals surface area contributed by atoms with Crippen molar-refractivity contribution in [1.29, 1.82) is 0 Å². The van der Waals surface area contributed by atoms with Gasteiger partial charge in [0.25, 0.3) is 0 Å². The molecule has 0 aromatic heterocycles. The van der Waals surface area contributed by atoms with Gasteiger partial charge in [0.15, 0.2) is 6.10 Å². The Morgan fingerprint density at radius 2 is 0.775 bits per heavy atom. The lowest BCUT2D eigenvalue weighted by Crippen LogP contribution is -2.65. The van der Waals surface area contributed by atoms with Gasteiger partial charge in [-0.2, -0.15) is 0 Å². The predicted octanol–water partition coefficient (Wildman–Crippen LogP) is 9.41. The van der Waals surface area contributed by atoms with Crippen LogP contribution in [0.1, 0.15) is 206 Å². The summed E-state index contributed by atoms with van der Waals surface area (Å²) in [6.45, 7) is 2.76. The molecule has 0 aliphatic heterocycles. The molecule has 1 rings (SSSR count). The maximum atomic E-state index is 13.3. The number of phosphoric ester groups is 4. The van der Waals surface area contributed by atoms with E-state index in [1.165, 1.54) is 83.5 Å². The highest BCUT2D eigenvalue weighted by Crippen LogP contribution is 2.53. The molecule has 1 aliphatic carbocycles. The molecule has 71 heavy (non-hydrogen) atoms. The van der Waals surface area contributed by atoms with Crippen molar-refractivity contribution in [1.82, 2.24) is 0 Å². The number of hydrogen-bond donors (Lipinski definition) is 9. The van der Waals surface area contributed by atoms with E-state index < -0.39 is 99.2 Å². The molecule has 1 aliphatic rings. The number of rotatable bonds is 45. The van der Waals surface area contributed by atoms with Crippen molar-refractivity contribution in [2.24, 2.45) is 0 Å². The molecule has 0 heterocycles. The summed E-state index contributed by atoms with van der Waals surface area (Å²) in [6, 6.07) is 0. The number of phosphoric acid groups is 4. The number of hydrogen-bond acceptors (Lipinski definition) is 15. The fourth-order valence-corrected chi connectivity index (χ4v) is 10.7. The monoisotopic (exact) mass is 1100 g/mol. The minimum atomic E-state index is -5.79. The third kappa shape index (κ3) is 36.6. The van der Waals surface area contributed by atoms with Crippen LogP contribution in [0.3, 0.4) is 0 Å². The molecule has 9 N–H and O–H groups in total. The molecular formula is C45H88O22P4. The van der Waals surface area contributed by atoms with Crippen LogP contribution in [0.4, 0.5) is 0 Å². The predicted molar refractivity (Wildman–Crippen MR) is 263 cm³/mol. The second-order valence-electron chi connectivity index (χ2n) is 18.3. The average molecular weight is 1110 g/mol. The van der Waals surface area contributed by atoms with Gasteiger partial charge in [0.1, 0.15) is 43.2 Å². The number of aliphatic hydroxyl groups is 2. The van der Waals surface area contributed by atoms with Gasteiger partial charge < -0.3 is 53.9 Å². The molecule has 0 radical (unpaired) electrons. The van der Waals surface area contributed by atoms with Crippen LogP contribution in [0, 0.1) is 0 Å². The van der Waals surface area contributed by atoms with Gasteiger partial charge in [-0.15, -0.1) is 0 Å². The van der Waals surface area contributed by atoms with Gasteiger partial charge in [-0.3, -0.25) is 32.2 Å². The summed E-state index contributed by atoms with van der Waals surface area (Å²) in [5, 5.41) is 21.9. The SMILES string of the molecule is CCCCCCC=CCCCCCCCCCC(=O)OC(COC(=O)CCCCCCCCCCCCCCCCC)COP(=O)(O)OC1C(O)C(OP(=O)(O)O)C(OP(=O)(O)O)C(OP(=O)(O)O)C1O. The van der Waals surface area contributed by atoms with Crippen molar-refractivity contribution in [3.05, 3.63) is 12.2 Å². The number of carbonyl (C=O) groups is 2. The lowest BCUT2D eigenvalue weighted by Gasteiger charge is -2.45. The summed E-state index contributed by atoms with van der Waals surface area (Å²) in [6.07, 6.45) is 17.0. The van der Waals surface area contributed by atoms with E-state index in [0.29, 0.717) is 19.3 Å². The van der Waals surface area contributed by atoms with E-state index in [2.05, 4.69) is 39.6 Å². The first-order chi connectivity index (χ1) is 33.5. The Bertz CT molecular complexity index is 1600. The van der Waals surface area contributed by atoms with Gasteiger partial charge in [-0.05, 0) is 38.5 Å². The van der Waals surface area contributed by atoms with E-state index in [0.717, 1.165) is 77.0 Å². The van der Waals surface area contributed by atoms with Gasteiger partial charge in [0.05, 0.1) is 6.61 Å². The second kappa shape index (κ2) is 38.6. The van der Waals surface area contributed by atoms with Crippen LogP contribution in [0.25, 0.3) is 0 Å². The first-order valence-electron chi connectivity index (χ1n) is 25.7. The van der Waals surface area contributed by atoms with Crippen LogP contribution in [-0.2, 0) is 59.9 Å². The molecule has 0 spiro atoms. The minimum Gasteiger partial charge on any atom is -0.462 e. The standard InChI is InChI=1S/C45H88O22P4/c1-3-5-7-9-11-13-15-17-19-21-23-25-27-29-31-33-38(46)61-35-37(63-39(47)34-32-30-28-26-24-22-20-18-16-14-12-10-8-6-4-2)36-62-71(59,60)67-42-40(48)43(64-68(50,51)52)45(66-70(56,57)58)44(41(42)49)65-69(53,54)55/h14,16,37,40-45,48-49H,3-13,15,17-36H2,1-2H3,(H,59,60)(H2,50,51,52)(H2,53,54,55)(H2,56,57,58). The van der Waals surface area contributed by atoms with Crippen LogP contribution < -0.4 is 0 Å². The van der Waals surface area contributed by atoms with Crippen LogP contribution in [0.5, 0.6) is 0 Å². The number of aliphatic hydroxyl groups excluding tert-OH is 2. The topological polar surface area (TPSA) is 349 Å². The maximum absolute atomic E-state index is 13.3. The number of allylic oxidation sites excluding steroid dienone is 2. The third-order valence-corrected chi connectivity index (χ3v) is 14.3. The zero-order chi connectivity index (χ0) is 53.2. The molecular weight excluding hydrogens is 1020 g/mol. The molecule has 22 nitrogen and oxygen atoms in total. The van der Waals surface area contributed by atoms with Crippen molar-refractivity contribution in [3.63, 3.8) is 0 Å². The first kappa shape index (κ1) is 68.1. The highest BCUT2D eigenvalue weighted by Gasteiger charge is 2.59. The van der Waals surface area contributed by atoms with E-state index in [4.69, 9.17) is 18.5 Å². The fraction of sp³-hybridized carbons (Fsp3) is 0.911. The lowest BCUT2D eigenvalue weighted by atomic mass is 9.85. The fourth-order valence-electron chi connectivity index (χ4n) is 8.08. The Hall–Kier alpha value is -0.960. The Morgan fingerprint density at radius 3 is 1.17 bits per heavy atom. The Kier molecular flexibility index (Phi) is 37.0. The van der Waals surface area contributed by atoms with Crippen molar-refractivity contribution < 1.29 is 104 Å². The highest BCUT2D eigenvalue weighted by molar-refractivity contribution is 7.47. The molecule has 26 heteroatoms. The number of ether oxygens (including phenoxy) is 2. The van der Waals surface area contributed by atoms with Crippen molar-refractivity contribution in [2.45, 2.75) is 249 Å². The normalized spacial score (nSPS) is 21.3. The second-order valence-corrected chi connectivity index (χ2v) is 23.3. The van der Waals surface area contributed by atoms with Gasteiger partial charge in [-0.25, -0.2) is 18.3 Å². The molecule has 1 fully saturated rings. The summed E-state index contributed by atoms with van der Waals surface area (Å²) in [4.78, 5) is 93.0. The molecule has 0 aromatic rings.